The van der Waals surface area contributed by atoms with Gasteiger partial charge < -0.3 is 4.74 Å². The minimum absolute atomic E-state index is 0.0218. The van der Waals surface area contributed by atoms with E-state index in [2.05, 4.69) is 0 Å². The summed E-state index contributed by atoms with van der Waals surface area (Å²) in [5.74, 6) is 0.146. The van der Waals surface area contributed by atoms with Crippen LogP contribution in [0.25, 0.3) is 0 Å². The molecule has 0 aromatic heterocycles. The first-order valence-electron chi connectivity index (χ1n) is 5.09. The van der Waals surface area contributed by atoms with Crippen LogP contribution in [0.5, 0.6) is 0 Å². The van der Waals surface area contributed by atoms with Gasteiger partial charge in [0.15, 0.2) is 5.78 Å². The van der Waals surface area contributed by atoms with Crippen molar-refractivity contribution in [3.05, 3.63) is 0 Å². The number of ketones is 1. The van der Waals surface area contributed by atoms with Gasteiger partial charge in [-0.05, 0) is 20.3 Å². The molecule has 0 aromatic carbocycles. The zero-order valence-corrected chi connectivity index (χ0v) is 8.95. The highest BCUT2D eigenvalue weighted by Crippen LogP contribution is 2.23. The minimum atomic E-state index is -0.363. The number of amides is 1. The number of ether oxygens (including phenoxy) is 1. The normalized spacial score (nSPS) is 26.8. The fourth-order valence-electron chi connectivity index (χ4n) is 1.92. The van der Waals surface area contributed by atoms with Gasteiger partial charge in [-0.15, -0.1) is 0 Å². The van der Waals surface area contributed by atoms with Crippen molar-refractivity contribution in [1.82, 2.24) is 4.90 Å². The molecule has 14 heavy (non-hydrogen) atoms. The van der Waals surface area contributed by atoms with Gasteiger partial charge in [-0.2, -0.15) is 0 Å². The van der Waals surface area contributed by atoms with Gasteiger partial charge in [0.25, 0.3) is 0 Å². The summed E-state index contributed by atoms with van der Waals surface area (Å²) in [7, 11) is 0. The van der Waals surface area contributed by atoms with Crippen molar-refractivity contribution in [2.24, 2.45) is 0 Å². The summed E-state index contributed by atoms with van der Waals surface area (Å²) in [4.78, 5) is 24.6. The Bertz CT molecular complexity index is 240. The maximum Gasteiger partial charge on any atom is 0.410 e. The van der Waals surface area contributed by atoms with Crippen molar-refractivity contribution in [1.29, 1.82) is 0 Å². The van der Waals surface area contributed by atoms with Gasteiger partial charge in [-0.25, -0.2) is 4.79 Å². The maximum atomic E-state index is 11.5. The molecule has 1 saturated heterocycles. The molecule has 0 N–H and O–H groups in total. The summed E-state index contributed by atoms with van der Waals surface area (Å²) in [5, 5.41) is 0. The van der Waals surface area contributed by atoms with Crippen molar-refractivity contribution in [3.63, 3.8) is 0 Å². The molecule has 1 aliphatic heterocycles. The zero-order valence-electron chi connectivity index (χ0n) is 8.95. The van der Waals surface area contributed by atoms with E-state index in [1.54, 1.807) is 11.8 Å². The monoisotopic (exact) mass is 199 g/mol. The zero-order chi connectivity index (χ0) is 10.7. The second kappa shape index (κ2) is 4.44. The highest BCUT2D eigenvalue weighted by Gasteiger charge is 2.40. The molecule has 0 unspecified atom stereocenters. The fourth-order valence-corrected chi connectivity index (χ4v) is 1.92. The van der Waals surface area contributed by atoms with E-state index in [9.17, 15) is 9.59 Å². The number of likely N-dealkylation sites (tertiary alicyclic amines) is 1. The largest absolute Gasteiger partial charge is 0.450 e. The van der Waals surface area contributed by atoms with Crippen molar-refractivity contribution in [2.75, 3.05) is 6.61 Å². The van der Waals surface area contributed by atoms with Gasteiger partial charge in [-0.1, -0.05) is 6.92 Å². The lowest BCUT2D eigenvalue weighted by molar-refractivity contribution is -0.119. The first-order chi connectivity index (χ1) is 6.61. The highest BCUT2D eigenvalue weighted by molar-refractivity contribution is 5.91. The Morgan fingerprint density at radius 1 is 1.57 bits per heavy atom. The van der Waals surface area contributed by atoms with Crippen LogP contribution >= 0.6 is 0 Å². The van der Waals surface area contributed by atoms with Crippen LogP contribution in [0.4, 0.5) is 4.79 Å². The SMILES string of the molecule is CCOC(=O)N1[C@H](C)CC(=O)[C@H]1CC. The predicted molar refractivity (Wildman–Crippen MR) is 52.0 cm³/mol. The van der Waals surface area contributed by atoms with E-state index in [-0.39, 0.29) is 24.0 Å². The van der Waals surface area contributed by atoms with Gasteiger partial charge in [0.05, 0.1) is 12.6 Å². The molecule has 0 aromatic rings. The van der Waals surface area contributed by atoms with E-state index in [1.165, 1.54) is 0 Å². The first-order valence-corrected chi connectivity index (χ1v) is 5.09. The van der Waals surface area contributed by atoms with Crippen molar-refractivity contribution < 1.29 is 14.3 Å². The molecule has 4 nitrogen and oxygen atoms in total. The van der Waals surface area contributed by atoms with E-state index in [4.69, 9.17) is 4.74 Å². The molecular weight excluding hydrogens is 182 g/mol. The standard InChI is InChI=1S/C10H17NO3/c1-4-8-9(12)6-7(3)11(8)10(13)14-5-2/h7-8H,4-6H2,1-3H3/t7-,8-/m1/s1. The van der Waals surface area contributed by atoms with E-state index in [0.717, 1.165) is 0 Å². The second-order valence-electron chi connectivity index (χ2n) is 3.55. The van der Waals surface area contributed by atoms with E-state index < -0.39 is 0 Å². The molecule has 2 atom stereocenters. The topological polar surface area (TPSA) is 46.6 Å². The lowest BCUT2D eigenvalue weighted by atomic mass is 10.1. The second-order valence-corrected chi connectivity index (χ2v) is 3.55. The fraction of sp³-hybridized carbons (Fsp3) is 0.800. The number of carbonyl (C=O) groups excluding carboxylic acids is 2. The lowest BCUT2D eigenvalue weighted by Gasteiger charge is -2.25. The Hall–Kier alpha value is -1.06. The average molecular weight is 199 g/mol. The van der Waals surface area contributed by atoms with Crippen LogP contribution in [-0.2, 0) is 9.53 Å². The summed E-state index contributed by atoms with van der Waals surface area (Å²) in [6.07, 6.45) is 0.761. The van der Waals surface area contributed by atoms with Crippen molar-refractivity contribution in [2.45, 2.75) is 45.7 Å². The number of nitrogens with zero attached hydrogens (tertiary/aromatic N) is 1. The molecule has 1 aliphatic rings. The van der Waals surface area contributed by atoms with Gasteiger partial charge in [0.2, 0.25) is 0 Å². The number of rotatable bonds is 2. The molecule has 0 radical (unpaired) electrons. The van der Waals surface area contributed by atoms with E-state index in [1.807, 2.05) is 13.8 Å². The Morgan fingerprint density at radius 3 is 2.71 bits per heavy atom. The van der Waals surface area contributed by atoms with Gasteiger partial charge in [-0.3, -0.25) is 9.69 Å². The predicted octanol–water partition coefficient (Wildman–Crippen LogP) is 1.58. The molecule has 0 aliphatic carbocycles. The molecule has 80 valence electrons. The molecule has 1 amide bonds. The summed E-state index contributed by atoms with van der Waals surface area (Å²) < 4.78 is 4.91. The molecular formula is C10H17NO3. The Balaban J connectivity index is 2.74. The molecule has 0 saturated carbocycles. The van der Waals surface area contributed by atoms with E-state index >= 15 is 0 Å². The summed E-state index contributed by atoms with van der Waals surface area (Å²) in [5.41, 5.74) is 0. The summed E-state index contributed by atoms with van der Waals surface area (Å²) >= 11 is 0. The highest BCUT2D eigenvalue weighted by atomic mass is 16.6. The molecule has 1 fully saturated rings. The summed E-state index contributed by atoms with van der Waals surface area (Å²) in [6.45, 7) is 5.91. The molecule has 1 rings (SSSR count). The maximum absolute atomic E-state index is 11.5. The first kappa shape index (κ1) is 11.0. The van der Waals surface area contributed by atoms with Crippen LogP contribution in [0.3, 0.4) is 0 Å². The third-order valence-corrected chi connectivity index (χ3v) is 2.54. The summed E-state index contributed by atoms with van der Waals surface area (Å²) in [6, 6.07) is -0.296. The molecule has 1 heterocycles. The van der Waals surface area contributed by atoms with Gasteiger partial charge in [0.1, 0.15) is 0 Å². The Morgan fingerprint density at radius 2 is 2.21 bits per heavy atom. The Labute approximate surface area is 84.2 Å². The number of carbonyl (C=O) groups is 2. The number of Topliss-reactive ketones (excluding diaryl/α,β-unsaturated/α-hetero) is 1. The molecule has 4 heteroatoms. The van der Waals surface area contributed by atoms with Crippen LogP contribution in [-0.4, -0.2) is 35.5 Å². The third-order valence-electron chi connectivity index (χ3n) is 2.54. The minimum Gasteiger partial charge on any atom is -0.450 e. The lowest BCUT2D eigenvalue weighted by Crippen LogP contribution is -2.41. The molecule has 0 spiro atoms. The Kier molecular flexibility index (Phi) is 3.49. The number of hydrogen-bond acceptors (Lipinski definition) is 3. The van der Waals surface area contributed by atoms with Crippen molar-refractivity contribution in [3.8, 4) is 0 Å². The van der Waals surface area contributed by atoms with Gasteiger partial charge in [0, 0.05) is 12.5 Å². The smallest absolute Gasteiger partial charge is 0.410 e. The van der Waals surface area contributed by atoms with Crippen LogP contribution in [0.2, 0.25) is 0 Å². The quantitative estimate of drug-likeness (QED) is 0.678. The van der Waals surface area contributed by atoms with Gasteiger partial charge >= 0.3 is 6.09 Å². The van der Waals surface area contributed by atoms with Crippen LogP contribution < -0.4 is 0 Å². The van der Waals surface area contributed by atoms with Crippen LogP contribution in [0, 0.1) is 0 Å². The third kappa shape index (κ3) is 1.89. The van der Waals surface area contributed by atoms with Crippen molar-refractivity contribution >= 4 is 11.9 Å². The van der Waals surface area contributed by atoms with Crippen LogP contribution in [0.1, 0.15) is 33.6 Å². The molecule has 0 bridgehead atoms. The van der Waals surface area contributed by atoms with Crippen LogP contribution in [0.15, 0.2) is 0 Å². The number of hydrogen-bond donors (Lipinski definition) is 0. The average Bonchev–Trinajstić information content (AvgIpc) is 2.40. The van der Waals surface area contributed by atoms with E-state index in [0.29, 0.717) is 19.4 Å².